The van der Waals surface area contributed by atoms with Crippen molar-refractivity contribution in [1.29, 1.82) is 0 Å². The number of hydrogen-bond donors (Lipinski definition) is 0. The van der Waals surface area contributed by atoms with E-state index in [1.54, 1.807) is 19.5 Å². The topological polar surface area (TPSA) is 69.9 Å². The Bertz CT molecular complexity index is 909. The van der Waals surface area contributed by atoms with Crippen molar-refractivity contribution in [2.24, 2.45) is 0 Å². The number of carbonyl (C=O) groups excluding carboxylic acids is 1. The van der Waals surface area contributed by atoms with Crippen molar-refractivity contribution in [2.75, 3.05) is 7.11 Å². The van der Waals surface area contributed by atoms with Crippen molar-refractivity contribution < 1.29 is 9.53 Å². The maximum atomic E-state index is 12.1. The third-order valence-electron chi connectivity index (χ3n) is 4.40. The highest BCUT2D eigenvalue weighted by atomic mass is 32.2. The molecule has 0 aliphatic heterocycles. The summed E-state index contributed by atoms with van der Waals surface area (Å²) < 4.78 is 7.25. The van der Waals surface area contributed by atoms with Gasteiger partial charge in [-0.05, 0) is 49.2 Å². The van der Waals surface area contributed by atoms with Crippen LogP contribution in [0.25, 0.3) is 17.1 Å². The lowest BCUT2D eigenvalue weighted by Crippen LogP contribution is -2.10. The average Bonchev–Trinajstić information content (AvgIpc) is 3.29. The molecule has 7 heteroatoms. The monoisotopic (exact) mass is 366 g/mol. The summed E-state index contributed by atoms with van der Waals surface area (Å²) in [5.74, 6) is 1.81. The number of hydrogen-bond acceptors (Lipinski definition) is 6. The smallest absolute Gasteiger partial charge is 0.196 e. The van der Waals surface area contributed by atoms with Crippen LogP contribution < -0.4 is 4.74 Å². The number of ketones is 1. The first-order chi connectivity index (χ1) is 12.8. The first-order valence-corrected chi connectivity index (χ1v) is 9.34. The van der Waals surface area contributed by atoms with Gasteiger partial charge in [-0.25, -0.2) is 0 Å². The molecule has 1 saturated carbocycles. The molecular formula is C19H18N4O2S. The highest BCUT2D eigenvalue weighted by molar-refractivity contribution is 8.00. The number of benzene rings is 1. The van der Waals surface area contributed by atoms with Crippen molar-refractivity contribution in [3.8, 4) is 22.8 Å². The maximum Gasteiger partial charge on any atom is 0.196 e. The summed E-state index contributed by atoms with van der Waals surface area (Å²) >= 11 is 1.50. The van der Waals surface area contributed by atoms with Gasteiger partial charge in [0.15, 0.2) is 11.0 Å². The summed E-state index contributed by atoms with van der Waals surface area (Å²) in [4.78, 5) is 16.2. The number of thioether (sulfide) groups is 1. The maximum absolute atomic E-state index is 12.1. The van der Waals surface area contributed by atoms with E-state index in [0.717, 1.165) is 40.8 Å². The van der Waals surface area contributed by atoms with Gasteiger partial charge < -0.3 is 4.74 Å². The quantitative estimate of drug-likeness (QED) is 0.688. The van der Waals surface area contributed by atoms with Gasteiger partial charge in [-0.1, -0.05) is 11.8 Å². The van der Waals surface area contributed by atoms with E-state index >= 15 is 0 Å². The molecule has 1 fully saturated rings. The highest BCUT2D eigenvalue weighted by Gasteiger charge is 2.28. The summed E-state index contributed by atoms with van der Waals surface area (Å²) in [6.07, 6.45) is 5.96. The average molecular weight is 366 g/mol. The lowest BCUT2D eigenvalue weighted by atomic mass is 10.2. The van der Waals surface area contributed by atoms with Gasteiger partial charge in [-0.2, -0.15) is 0 Å². The molecule has 3 aromatic rings. The molecule has 0 unspecified atom stereocenters. The Morgan fingerprint density at radius 3 is 2.54 bits per heavy atom. The minimum absolute atomic E-state index is 0.0403. The van der Waals surface area contributed by atoms with E-state index in [2.05, 4.69) is 15.2 Å². The molecule has 0 spiro atoms. The zero-order valence-corrected chi connectivity index (χ0v) is 15.1. The highest BCUT2D eigenvalue weighted by Crippen LogP contribution is 2.35. The van der Waals surface area contributed by atoms with Crippen LogP contribution in [0.4, 0.5) is 0 Å². The van der Waals surface area contributed by atoms with E-state index in [9.17, 15) is 4.79 Å². The number of ether oxygens (including phenoxy) is 1. The minimum atomic E-state index is -0.0403. The van der Waals surface area contributed by atoms with E-state index < -0.39 is 0 Å². The molecule has 0 bridgehead atoms. The van der Waals surface area contributed by atoms with Gasteiger partial charge in [0.25, 0.3) is 0 Å². The van der Waals surface area contributed by atoms with E-state index in [0.29, 0.717) is 12.2 Å². The second-order valence-corrected chi connectivity index (χ2v) is 7.21. The molecule has 132 valence electrons. The predicted octanol–water partition coefficient (Wildman–Crippen LogP) is 3.55. The second-order valence-electron chi connectivity index (χ2n) is 6.04. The predicted molar refractivity (Wildman–Crippen MR) is 99.6 cm³/mol. The third-order valence-corrected chi connectivity index (χ3v) is 5.66. The molecule has 2 aromatic heterocycles. The zero-order valence-electron chi connectivity index (χ0n) is 14.3. The Balaban J connectivity index is 1.78. The molecule has 26 heavy (non-hydrogen) atoms. The van der Waals surface area contributed by atoms with Gasteiger partial charge in [-0.3, -0.25) is 14.3 Å². The van der Waals surface area contributed by atoms with Crippen molar-refractivity contribution in [3.63, 3.8) is 0 Å². The lowest BCUT2D eigenvalue weighted by molar-refractivity contribution is -0.116. The van der Waals surface area contributed by atoms with Crippen LogP contribution in [0.2, 0.25) is 0 Å². The molecule has 1 aromatic carbocycles. The van der Waals surface area contributed by atoms with E-state index in [1.807, 2.05) is 41.0 Å². The Morgan fingerprint density at radius 2 is 1.88 bits per heavy atom. The summed E-state index contributed by atoms with van der Waals surface area (Å²) in [6.45, 7) is 0. The molecule has 1 atom stereocenters. The van der Waals surface area contributed by atoms with Gasteiger partial charge in [-0.15, -0.1) is 10.2 Å². The summed E-state index contributed by atoms with van der Waals surface area (Å²) in [7, 11) is 1.64. The number of pyridine rings is 1. The van der Waals surface area contributed by atoms with Crippen LogP contribution in [0, 0.1) is 0 Å². The van der Waals surface area contributed by atoms with Crippen LogP contribution in [0.15, 0.2) is 53.9 Å². The molecule has 0 radical (unpaired) electrons. The number of aromatic nitrogens is 4. The van der Waals surface area contributed by atoms with E-state index in [-0.39, 0.29) is 5.25 Å². The van der Waals surface area contributed by atoms with Gasteiger partial charge >= 0.3 is 0 Å². The Labute approximate surface area is 155 Å². The standard InChI is InChI=1S/C19H18N4O2S/c1-25-15-7-5-14(6-8-15)23-18(13-9-11-20-12-10-13)21-22-19(23)26-17-4-2-3-16(17)24/h5-12,17H,2-4H2,1H3/t17-/m1/s1. The van der Waals surface area contributed by atoms with Crippen LogP contribution in [-0.4, -0.2) is 37.9 Å². The molecule has 1 aliphatic rings. The van der Waals surface area contributed by atoms with Crippen molar-refractivity contribution >= 4 is 17.5 Å². The van der Waals surface area contributed by atoms with Crippen LogP contribution in [0.1, 0.15) is 19.3 Å². The largest absolute Gasteiger partial charge is 0.497 e. The molecule has 4 rings (SSSR count). The normalized spacial score (nSPS) is 16.8. The number of rotatable bonds is 5. The summed E-state index contributed by atoms with van der Waals surface area (Å²) in [5, 5.41) is 9.46. The van der Waals surface area contributed by atoms with Crippen LogP contribution in [-0.2, 0) is 4.79 Å². The Morgan fingerprint density at radius 1 is 1.12 bits per heavy atom. The van der Waals surface area contributed by atoms with Gasteiger partial charge in [0.2, 0.25) is 0 Å². The fourth-order valence-electron chi connectivity index (χ4n) is 3.03. The second kappa shape index (κ2) is 7.29. The Hall–Kier alpha value is -2.67. The number of methoxy groups -OCH3 is 1. The summed E-state index contributed by atoms with van der Waals surface area (Å²) in [6, 6.07) is 11.5. The molecule has 6 nitrogen and oxygen atoms in total. The number of carbonyl (C=O) groups is 1. The molecule has 0 N–H and O–H groups in total. The first-order valence-electron chi connectivity index (χ1n) is 8.46. The van der Waals surface area contributed by atoms with Gasteiger partial charge in [0, 0.05) is 30.1 Å². The van der Waals surface area contributed by atoms with E-state index in [1.165, 1.54) is 11.8 Å². The molecule has 0 saturated heterocycles. The van der Waals surface area contributed by atoms with Gasteiger partial charge in [0.1, 0.15) is 11.5 Å². The third kappa shape index (κ3) is 3.22. The van der Waals surface area contributed by atoms with Crippen molar-refractivity contribution in [2.45, 2.75) is 29.7 Å². The molecular weight excluding hydrogens is 348 g/mol. The Kier molecular flexibility index (Phi) is 4.71. The fourth-order valence-corrected chi connectivity index (χ4v) is 4.21. The lowest BCUT2D eigenvalue weighted by Gasteiger charge is -2.12. The first kappa shape index (κ1) is 16.8. The van der Waals surface area contributed by atoms with Crippen LogP contribution in [0.3, 0.4) is 0 Å². The van der Waals surface area contributed by atoms with Crippen LogP contribution >= 0.6 is 11.8 Å². The van der Waals surface area contributed by atoms with E-state index in [4.69, 9.17) is 4.74 Å². The van der Waals surface area contributed by atoms with Crippen LogP contribution in [0.5, 0.6) is 5.75 Å². The minimum Gasteiger partial charge on any atom is -0.497 e. The molecule has 1 aliphatic carbocycles. The summed E-state index contributed by atoms with van der Waals surface area (Å²) in [5.41, 5.74) is 1.85. The molecule has 0 amide bonds. The number of Topliss-reactive ketones (excluding diaryl/α,β-unsaturated/α-hetero) is 1. The number of nitrogens with zero attached hydrogens (tertiary/aromatic N) is 4. The zero-order chi connectivity index (χ0) is 17.9. The van der Waals surface area contributed by atoms with Crippen molar-refractivity contribution in [3.05, 3.63) is 48.8 Å². The SMILES string of the molecule is COc1ccc(-n2c(S[C@@H]3CCCC3=O)nnc2-c2ccncc2)cc1. The fraction of sp³-hybridized carbons (Fsp3) is 0.263. The van der Waals surface area contributed by atoms with Gasteiger partial charge in [0.05, 0.1) is 12.4 Å². The molecule has 2 heterocycles. The van der Waals surface area contributed by atoms with Crippen molar-refractivity contribution in [1.82, 2.24) is 19.7 Å².